The summed E-state index contributed by atoms with van der Waals surface area (Å²) in [5.41, 5.74) is 2.44. The number of piperazine rings is 1. The fourth-order valence-electron chi connectivity index (χ4n) is 3.04. The summed E-state index contributed by atoms with van der Waals surface area (Å²) < 4.78 is 5.17. The molecule has 1 aliphatic rings. The molecule has 0 radical (unpaired) electrons. The molecule has 0 atom stereocenters. The van der Waals surface area contributed by atoms with Crippen LogP contribution in [0.15, 0.2) is 30.3 Å². The molecule has 0 unspecified atom stereocenters. The zero-order valence-corrected chi connectivity index (χ0v) is 16.2. The lowest BCUT2D eigenvalue weighted by Gasteiger charge is -2.32. The molecular weight excluding hydrogens is 342 g/mol. The Kier molecular flexibility index (Phi) is 6.24. The number of ether oxygens (including phenoxy) is 1. The third-order valence-electron chi connectivity index (χ3n) is 4.72. The number of carbonyl (C=O) groups is 1. The van der Waals surface area contributed by atoms with Crippen LogP contribution in [-0.2, 0) is 6.42 Å². The molecule has 0 saturated carbocycles. The van der Waals surface area contributed by atoms with Crippen LogP contribution in [0.5, 0.6) is 5.75 Å². The van der Waals surface area contributed by atoms with Crippen LogP contribution < -0.4 is 10.1 Å². The molecule has 2 aromatic rings. The average molecular weight is 369 g/mol. The van der Waals surface area contributed by atoms with E-state index in [1.165, 1.54) is 5.56 Å². The quantitative estimate of drug-likeness (QED) is 0.838. The van der Waals surface area contributed by atoms with Crippen LogP contribution in [0.25, 0.3) is 0 Å². The summed E-state index contributed by atoms with van der Waals surface area (Å²) >= 11 is 0. The van der Waals surface area contributed by atoms with Crippen molar-refractivity contribution in [2.45, 2.75) is 13.3 Å². The smallest absolute Gasteiger partial charge is 0.272 e. The minimum absolute atomic E-state index is 0.0215. The molecule has 1 amide bonds. The zero-order chi connectivity index (χ0) is 19.2. The Hall–Kier alpha value is -2.67. The molecule has 3 rings (SSSR count). The Morgan fingerprint density at radius 2 is 1.85 bits per heavy atom. The van der Waals surface area contributed by atoms with Crippen molar-refractivity contribution in [2.24, 2.45) is 0 Å². The maximum Gasteiger partial charge on any atom is 0.272 e. The van der Waals surface area contributed by atoms with Crippen molar-refractivity contribution in [2.75, 3.05) is 52.2 Å². The Balaban J connectivity index is 1.60. The molecule has 0 bridgehead atoms. The largest absolute Gasteiger partial charge is 0.497 e. The topological polar surface area (TPSA) is 70.6 Å². The van der Waals surface area contributed by atoms with E-state index >= 15 is 0 Å². The first-order chi connectivity index (χ1) is 13.0. The fraction of sp³-hybridized carbons (Fsp3) is 0.450. The van der Waals surface area contributed by atoms with Gasteiger partial charge >= 0.3 is 0 Å². The first-order valence-corrected chi connectivity index (χ1v) is 9.25. The van der Waals surface area contributed by atoms with Crippen LogP contribution in [0, 0.1) is 6.92 Å². The van der Waals surface area contributed by atoms with Crippen LogP contribution in [0.2, 0.25) is 0 Å². The highest BCUT2D eigenvalue weighted by atomic mass is 16.5. The summed E-state index contributed by atoms with van der Waals surface area (Å²) in [6.45, 7) is 5.83. The van der Waals surface area contributed by atoms with E-state index in [0.29, 0.717) is 18.2 Å². The number of anilines is 1. The van der Waals surface area contributed by atoms with Crippen molar-refractivity contribution in [3.05, 3.63) is 47.3 Å². The van der Waals surface area contributed by atoms with Gasteiger partial charge in [-0.2, -0.15) is 0 Å². The second-order valence-corrected chi connectivity index (χ2v) is 6.84. The third-order valence-corrected chi connectivity index (χ3v) is 4.72. The van der Waals surface area contributed by atoms with Crippen LogP contribution in [0.3, 0.4) is 0 Å². The number of amides is 1. The molecule has 1 fully saturated rings. The molecule has 1 N–H and O–H groups in total. The molecule has 1 aromatic heterocycles. The van der Waals surface area contributed by atoms with E-state index in [9.17, 15) is 4.79 Å². The van der Waals surface area contributed by atoms with Gasteiger partial charge in [-0.15, -0.1) is 0 Å². The van der Waals surface area contributed by atoms with Gasteiger partial charge in [-0.05, 0) is 44.2 Å². The van der Waals surface area contributed by atoms with Gasteiger partial charge in [-0.3, -0.25) is 4.79 Å². The van der Waals surface area contributed by atoms with Gasteiger partial charge in [0.15, 0.2) is 0 Å². The van der Waals surface area contributed by atoms with Crippen LogP contribution >= 0.6 is 0 Å². The molecular formula is C20H27N5O2. The summed E-state index contributed by atoms with van der Waals surface area (Å²) in [7, 11) is 3.73. The molecule has 1 aromatic carbocycles. The van der Waals surface area contributed by atoms with Crippen molar-refractivity contribution in [3.8, 4) is 5.75 Å². The van der Waals surface area contributed by atoms with Gasteiger partial charge in [0.25, 0.3) is 5.91 Å². The number of rotatable bonds is 6. The number of methoxy groups -OCH3 is 1. The summed E-state index contributed by atoms with van der Waals surface area (Å²) in [6.07, 6.45) is 0.836. The first-order valence-electron chi connectivity index (χ1n) is 9.25. The molecule has 27 heavy (non-hydrogen) atoms. The van der Waals surface area contributed by atoms with Gasteiger partial charge in [-0.25, -0.2) is 9.97 Å². The van der Waals surface area contributed by atoms with Gasteiger partial charge in [0, 0.05) is 38.4 Å². The van der Waals surface area contributed by atoms with Gasteiger partial charge in [0.2, 0.25) is 5.95 Å². The Labute approximate surface area is 160 Å². The average Bonchev–Trinajstić information content (AvgIpc) is 2.68. The number of nitrogens with zero attached hydrogens (tertiary/aromatic N) is 4. The number of hydrogen-bond donors (Lipinski definition) is 1. The third kappa shape index (κ3) is 5.17. The predicted molar refractivity (Wildman–Crippen MR) is 105 cm³/mol. The summed E-state index contributed by atoms with van der Waals surface area (Å²) in [5.74, 6) is 1.33. The monoisotopic (exact) mass is 369 g/mol. The van der Waals surface area contributed by atoms with Gasteiger partial charge in [0.1, 0.15) is 11.4 Å². The number of aromatic nitrogens is 2. The lowest BCUT2D eigenvalue weighted by atomic mass is 10.1. The van der Waals surface area contributed by atoms with E-state index in [0.717, 1.165) is 44.0 Å². The highest BCUT2D eigenvalue weighted by Crippen LogP contribution is 2.13. The van der Waals surface area contributed by atoms with E-state index in [1.807, 2.05) is 36.1 Å². The minimum Gasteiger partial charge on any atom is -0.497 e. The molecule has 0 aliphatic carbocycles. The minimum atomic E-state index is -0.0215. The van der Waals surface area contributed by atoms with E-state index in [1.54, 1.807) is 13.2 Å². The zero-order valence-electron chi connectivity index (χ0n) is 16.2. The summed E-state index contributed by atoms with van der Waals surface area (Å²) in [4.78, 5) is 25.7. The molecule has 144 valence electrons. The predicted octanol–water partition coefficient (Wildman–Crippen LogP) is 1.84. The fourth-order valence-corrected chi connectivity index (χ4v) is 3.04. The number of aryl methyl sites for hydroxylation is 1. The number of nitrogens with one attached hydrogen (secondary N) is 1. The SMILES string of the molecule is COc1ccc(CCNc2nc(C)cc(C(=O)N3CCN(C)CC3)n2)cc1. The Morgan fingerprint density at radius 3 is 2.52 bits per heavy atom. The number of hydrogen-bond acceptors (Lipinski definition) is 6. The van der Waals surface area contributed by atoms with Crippen LogP contribution in [-0.4, -0.2) is 72.6 Å². The van der Waals surface area contributed by atoms with Crippen molar-refractivity contribution in [3.63, 3.8) is 0 Å². The standard InChI is InChI=1S/C20H27N5O2/c1-15-14-18(19(26)25-12-10-24(2)11-13-25)23-20(22-15)21-9-8-16-4-6-17(27-3)7-5-16/h4-7,14H,8-13H2,1-3H3,(H,21,22,23). The molecule has 1 saturated heterocycles. The summed E-state index contributed by atoms with van der Waals surface area (Å²) in [6, 6.07) is 9.74. The maximum absolute atomic E-state index is 12.7. The lowest BCUT2D eigenvalue weighted by molar-refractivity contribution is 0.0658. The summed E-state index contributed by atoms with van der Waals surface area (Å²) in [5, 5.41) is 3.24. The Bertz CT molecular complexity index is 770. The van der Waals surface area contributed by atoms with Crippen molar-refractivity contribution < 1.29 is 9.53 Å². The van der Waals surface area contributed by atoms with Gasteiger partial charge < -0.3 is 19.9 Å². The Morgan fingerprint density at radius 1 is 1.15 bits per heavy atom. The number of carbonyl (C=O) groups excluding carboxylic acids is 1. The second kappa shape index (κ2) is 8.81. The number of likely N-dealkylation sites (N-methyl/N-ethyl adjacent to an activating group) is 1. The number of benzene rings is 1. The van der Waals surface area contributed by atoms with E-state index in [4.69, 9.17) is 4.74 Å². The van der Waals surface area contributed by atoms with Crippen LogP contribution in [0.1, 0.15) is 21.7 Å². The highest BCUT2D eigenvalue weighted by molar-refractivity contribution is 5.92. The molecule has 7 heteroatoms. The lowest BCUT2D eigenvalue weighted by Crippen LogP contribution is -2.47. The van der Waals surface area contributed by atoms with E-state index in [2.05, 4.69) is 27.2 Å². The molecule has 7 nitrogen and oxygen atoms in total. The first kappa shape index (κ1) is 19.1. The maximum atomic E-state index is 12.7. The van der Waals surface area contributed by atoms with Crippen LogP contribution in [0.4, 0.5) is 5.95 Å². The normalized spacial score (nSPS) is 14.9. The van der Waals surface area contributed by atoms with Gasteiger partial charge in [0.05, 0.1) is 7.11 Å². The van der Waals surface area contributed by atoms with Crippen molar-refractivity contribution in [1.82, 2.24) is 19.8 Å². The molecule has 1 aliphatic heterocycles. The highest BCUT2D eigenvalue weighted by Gasteiger charge is 2.22. The second-order valence-electron chi connectivity index (χ2n) is 6.84. The van der Waals surface area contributed by atoms with Crippen molar-refractivity contribution >= 4 is 11.9 Å². The van der Waals surface area contributed by atoms with E-state index < -0.39 is 0 Å². The molecule has 2 heterocycles. The van der Waals surface area contributed by atoms with Crippen molar-refractivity contribution in [1.29, 1.82) is 0 Å². The van der Waals surface area contributed by atoms with E-state index in [-0.39, 0.29) is 5.91 Å². The molecule has 0 spiro atoms. The van der Waals surface area contributed by atoms with Gasteiger partial charge in [-0.1, -0.05) is 12.1 Å².